The van der Waals surface area contributed by atoms with E-state index in [9.17, 15) is 9.90 Å². The molecule has 0 unspecified atom stereocenters. The van der Waals surface area contributed by atoms with Crippen LogP contribution in [-0.2, 0) is 0 Å². The molecule has 0 saturated heterocycles. The summed E-state index contributed by atoms with van der Waals surface area (Å²) in [5.74, 6) is 0.000840. The fraction of sp³-hybridized carbons (Fsp3) is 0.308. The van der Waals surface area contributed by atoms with Gasteiger partial charge in [0.15, 0.2) is 0 Å². The van der Waals surface area contributed by atoms with Gasteiger partial charge in [-0.1, -0.05) is 18.2 Å². The third-order valence-corrected chi connectivity index (χ3v) is 2.30. The van der Waals surface area contributed by atoms with Crippen LogP contribution in [0.4, 0.5) is 0 Å². The Bertz CT molecular complexity index is 397. The van der Waals surface area contributed by atoms with Gasteiger partial charge >= 0.3 is 0 Å². The maximum atomic E-state index is 11.6. The van der Waals surface area contributed by atoms with Crippen molar-refractivity contribution in [1.82, 2.24) is 5.32 Å². The van der Waals surface area contributed by atoms with E-state index in [-0.39, 0.29) is 11.7 Å². The monoisotopic (exact) mass is 219 g/mol. The van der Waals surface area contributed by atoms with Gasteiger partial charge in [0, 0.05) is 12.1 Å². The molecule has 0 spiro atoms. The number of rotatable bonds is 4. The minimum atomic E-state index is -0.153. The number of aromatic hydroxyl groups is 1. The number of carbonyl (C=O) groups excluding carboxylic acids is 1. The van der Waals surface area contributed by atoms with E-state index in [4.69, 9.17) is 0 Å². The summed E-state index contributed by atoms with van der Waals surface area (Å²) in [5.41, 5.74) is 1.26. The Hall–Kier alpha value is -1.77. The van der Waals surface area contributed by atoms with Crippen LogP contribution in [0.3, 0.4) is 0 Å². The topological polar surface area (TPSA) is 49.3 Å². The zero-order valence-corrected chi connectivity index (χ0v) is 9.66. The maximum Gasteiger partial charge on any atom is 0.251 e. The van der Waals surface area contributed by atoms with Crippen LogP contribution in [0.2, 0.25) is 0 Å². The van der Waals surface area contributed by atoms with E-state index < -0.39 is 0 Å². The lowest BCUT2D eigenvalue weighted by Crippen LogP contribution is -2.24. The van der Waals surface area contributed by atoms with Gasteiger partial charge in [-0.25, -0.2) is 0 Å². The van der Waals surface area contributed by atoms with Gasteiger partial charge < -0.3 is 10.4 Å². The van der Waals surface area contributed by atoms with Gasteiger partial charge in [0.25, 0.3) is 5.91 Å². The van der Waals surface area contributed by atoms with Crippen LogP contribution in [0.1, 0.15) is 29.3 Å². The van der Waals surface area contributed by atoms with Crippen molar-refractivity contribution < 1.29 is 9.90 Å². The Morgan fingerprint density at radius 1 is 1.50 bits per heavy atom. The molecular formula is C13H17NO2. The Morgan fingerprint density at radius 2 is 2.25 bits per heavy atom. The van der Waals surface area contributed by atoms with Crippen molar-refractivity contribution in [3.8, 4) is 5.75 Å². The highest BCUT2D eigenvalue weighted by atomic mass is 16.3. The van der Waals surface area contributed by atoms with Crippen molar-refractivity contribution in [3.05, 3.63) is 41.5 Å². The second-order valence-corrected chi connectivity index (χ2v) is 3.61. The van der Waals surface area contributed by atoms with Crippen LogP contribution in [-0.4, -0.2) is 17.6 Å². The van der Waals surface area contributed by atoms with Crippen molar-refractivity contribution in [2.75, 3.05) is 6.54 Å². The fourth-order valence-electron chi connectivity index (χ4n) is 1.29. The van der Waals surface area contributed by atoms with Gasteiger partial charge in [0.2, 0.25) is 0 Å². The van der Waals surface area contributed by atoms with Crippen LogP contribution in [0.5, 0.6) is 5.75 Å². The summed E-state index contributed by atoms with van der Waals surface area (Å²) in [5, 5.41) is 12.2. The van der Waals surface area contributed by atoms with E-state index in [1.807, 2.05) is 19.1 Å². The predicted molar refractivity (Wildman–Crippen MR) is 64.6 cm³/mol. The van der Waals surface area contributed by atoms with Crippen molar-refractivity contribution in [2.45, 2.75) is 20.3 Å². The zero-order valence-electron chi connectivity index (χ0n) is 9.66. The Balaban J connectivity index is 2.56. The zero-order chi connectivity index (χ0) is 12.0. The molecule has 0 saturated carbocycles. The summed E-state index contributed by atoms with van der Waals surface area (Å²) in [4.78, 5) is 11.6. The summed E-state index contributed by atoms with van der Waals surface area (Å²) in [7, 11) is 0. The van der Waals surface area contributed by atoms with Gasteiger partial charge in [0.1, 0.15) is 5.75 Å². The van der Waals surface area contributed by atoms with Crippen molar-refractivity contribution >= 4 is 5.91 Å². The number of allylic oxidation sites excluding steroid dienone is 1. The van der Waals surface area contributed by atoms with Gasteiger partial charge in [0.05, 0.1) is 0 Å². The van der Waals surface area contributed by atoms with E-state index >= 15 is 0 Å². The first kappa shape index (κ1) is 12.3. The molecule has 2 N–H and O–H groups in total. The van der Waals surface area contributed by atoms with E-state index in [0.717, 1.165) is 12.0 Å². The number of amides is 1. The molecule has 0 radical (unpaired) electrons. The lowest BCUT2D eigenvalue weighted by molar-refractivity contribution is 0.0954. The van der Waals surface area contributed by atoms with Crippen LogP contribution in [0.15, 0.2) is 30.4 Å². The molecular weight excluding hydrogens is 202 g/mol. The third kappa shape index (κ3) is 3.42. The highest BCUT2D eigenvalue weighted by molar-refractivity contribution is 5.94. The summed E-state index contributed by atoms with van der Waals surface area (Å²) in [6.07, 6.45) is 4.76. The Kier molecular flexibility index (Phi) is 4.58. The van der Waals surface area contributed by atoms with E-state index in [0.29, 0.717) is 12.1 Å². The molecule has 0 aliphatic heterocycles. The van der Waals surface area contributed by atoms with Crippen LogP contribution < -0.4 is 5.32 Å². The molecule has 3 nitrogen and oxygen atoms in total. The average molecular weight is 219 g/mol. The molecule has 0 aromatic heterocycles. The normalized spacial score (nSPS) is 10.6. The van der Waals surface area contributed by atoms with Crippen molar-refractivity contribution in [3.63, 3.8) is 0 Å². The number of hydrogen-bond donors (Lipinski definition) is 2. The van der Waals surface area contributed by atoms with Crippen LogP contribution in [0.25, 0.3) is 0 Å². The van der Waals surface area contributed by atoms with Gasteiger partial charge in [-0.15, -0.1) is 0 Å². The SMILES string of the molecule is C/C=C/CCNC(=O)c1ccc(C)c(O)c1. The number of aryl methyl sites for hydroxylation is 1. The van der Waals surface area contributed by atoms with Gasteiger partial charge in [-0.05, 0) is 38.0 Å². The molecule has 1 aromatic carbocycles. The van der Waals surface area contributed by atoms with Gasteiger partial charge in [-0.3, -0.25) is 4.79 Å². The molecule has 1 amide bonds. The first-order valence-electron chi connectivity index (χ1n) is 5.34. The molecule has 0 aliphatic rings. The molecule has 1 aromatic rings. The minimum Gasteiger partial charge on any atom is -0.508 e. The summed E-state index contributed by atoms with van der Waals surface area (Å²) < 4.78 is 0. The quantitative estimate of drug-likeness (QED) is 0.603. The molecule has 3 heteroatoms. The molecule has 1 rings (SSSR count). The average Bonchev–Trinajstić information content (AvgIpc) is 2.28. The number of benzene rings is 1. The fourth-order valence-corrected chi connectivity index (χ4v) is 1.29. The molecule has 0 bridgehead atoms. The summed E-state index contributed by atoms with van der Waals surface area (Å²) in [6, 6.07) is 4.93. The minimum absolute atomic E-state index is 0.153. The standard InChI is InChI=1S/C13H17NO2/c1-3-4-5-8-14-13(16)11-7-6-10(2)12(15)9-11/h3-4,6-7,9,15H,5,8H2,1-2H3,(H,14,16)/b4-3+. The Labute approximate surface area is 95.8 Å². The lowest BCUT2D eigenvalue weighted by Gasteiger charge is -2.05. The summed E-state index contributed by atoms with van der Waals surface area (Å²) in [6.45, 7) is 4.35. The number of phenolic OH excluding ortho intramolecular Hbond substituents is 1. The number of phenols is 1. The molecule has 0 aliphatic carbocycles. The number of carbonyl (C=O) groups is 1. The lowest BCUT2D eigenvalue weighted by atomic mass is 10.1. The molecule has 16 heavy (non-hydrogen) atoms. The first-order chi connectivity index (χ1) is 7.65. The third-order valence-electron chi connectivity index (χ3n) is 2.30. The van der Waals surface area contributed by atoms with Crippen LogP contribution in [0, 0.1) is 6.92 Å². The molecule has 0 heterocycles. The highest BCUT2D eigenvalue weighted by Gasteiger charge is 2.06. The van der Waals surface area contributed by atoms with Crippen molar-refractivity contribution in [1.29, 1.82) is 0 Å². The van der Waals surface area contributed by atoms with E-state index in [1.165, 1.54) is 6.07 Å². The highest BCUT2D eigenvalue weighted by Crippen LogP contribution is 2.17. The maximum absolute atomic E-state index is 11.6. The smallest absolute Gasteiger partial charge is 0.251 e. The molecule has 0 fully saturated rings. The number of nitrogens with one attached hydrogen (secondary N) is 1. The Morgan fingerprint density at radius 3 is 2.88 bits per heavy atom. The van der Waals surface area contributed by atoms with Crippen LogP contribution >= 0.6 is 0 Å². The second-order valence-electron chi connectivity index (χ2n) is 3.61. The van der Waals surface area contributed by atoms with Gasteiger partial charge in [-0.2, -0.15) is 0 Å². The molecule has 0 atom stereocenters. The van der Waals surface area contributed by atoms with Crippen molar-refractivity contribution in [2.24, 2.45) is 0 Å². The largest absolute Gasteiger partial charge is 0.508 e. The molecule has 86 valence electrons. The summed E-state index contributed by atoms with van der Waals surface area (Å²) >= 11 is 0. The first-order valence-corrected chi connectivity index (χ1v) is 5.34. The van der Waals surface area contributed by atoms with E-state index in [2.05, 4.69) is 5.32 Å². The number of hydrogen-bond acceptors (Lipinski definition) is 2. The second kappa shape index (κ2) is 5.95. The predicted octanol–water partition coefficient (Wildman–Crippen LogP) is 2.40. The van der Waals surface area contributed by atoms with E-state index in [1.54, 1.807) is 19.1 Å².